The zero-order valence-corrected chi connectivity index (χ0v) is 12.3. The number of aliphatic hydroxyl groups excluding tert-OH is 1. The molecular weight excluding hydrogens is 274 g/mol. The fourth-order valence-electron chi connectivity index (χ4n) is 2.28. The first-order chi connectivity index (χ1) is 9.81. The normalized spacial score (nSPS) is 19.8. The Balaban J connectivity index is 1.84. The largest absolute Gasteiger partial charge is 0.394 e. The number of amides is 1. The Bertz CT molecular complexity index is 430. The molecule has 2 N–H and O–H groups in total. The van der Waals surface area contributed by atoms with Crippen molar-refractivity contribution in [1.29, 1.82) is 0 Å². The summed E-state index contributed by atoms with van der Waals surface area (Å²) in [7, 11) is 0. The van der Waals surface area contributed by atoms with Gasteiger partial charge in [0.2, 0.25) is 5.91 Å². The quantitative estimate of drug-likeness (QED) is 0.759. The summed E-state index contributed by atoms with van der Waals surface area (Å²) in [5, 5.41) is 13.8. The van der Waals surface area contributed by atoms with Crippen molar-refractivity contribution >= 4 is 17.2 Å². The minimum Gasteiger partial charge on any atom is -0.394 e. The van der Waals surface area contributed by atoms with Gasteiger partial charge in [0.15, 0.2) is 0 Å². The van der Waals surface area contributed by atoms with E-state index in [0.717, 1.165) is 24.1 Å². The molecule has 20 heavy (non-hydrogen) atoms. The Hall–Kier alpha value is -1.17. The number of hydrogen-bond acceptors (Lipinski definition) is 4. The van der Waals surface area contributed by atoms with Crippen LogP contribution in [0, 0.1) is 5.92 Å². The van der Waals surface area contributed by atoms with Gasteiger partial charge in [-0.25, -0.2) is 0 Å². The smallest absolute Gasteiger partial charge is 0.223 e. The zero-order valence-electron chi connectivity index (χ0n) is 11.5. The van der Waals surface area contributed by atoms with Crippen LogP contribution in [0.5, 0.6) is 0 Å². The Morgan fingerprint density at radius 1 is 1.55 bits per heavy atom. The number of carbonyl (C=O) groups excluding carboxylic acids is 1. The van der Waals surface area contributed by atoms with E-state index in [9.17, 15) is 4.79 Å². The highest BCUT2D eigenvalue weighted by molar-refractivity contribution is 7.10. The van der Waals surface area contributed by atoms with Gasteiger partial charge in [-0.3, -0.25) is 4.79 Å². The number of aliphatic hydroxyl groups is 1. The van der Waals surface area contributed by atoms with Crippen LogP contribution in [0.4, 0.5) is 0 Å². The minimum atomic E-state index is -0.176. The van der Waals surface area contributed by atoms with Gasteiger partial charge in [-0.15, -0.1) is 11.3 Å². The van der Waals surface area contributed by atoms with E-state index in [1.807, 2.05) is 17.5 Å². The molecule has 0 radical (unpaired) electrons. The maximum Gasteiger partial charge on any atom is 0.223 e. The van der Waals surface area contributed by atoms with E-state index in [4.69, 9.17) is 9.84 Å². The number of allylic oxidation sites excluding steroid dienone is 2. The fourth-order valence-corrected chi connectivity index (χ4v) is 3.06. The molecule has 0 aromatic carbocycles. The second-order valence-corrected chi connectivity index (χ2v) is 5.80. The summed E-state index contributed by atoms with van der Waals surface area (Å²) < 4.78 is 5.61. The molecule has 2 rings (SSSR count). The van der Waals surface area contributed by atoms with Crippen LogP contribution >= 0.6 is 11.3 Å². The third kappa shape index (κ3) is 4.44. The summed E-state index contributed by atoms with van der Waals surface area (Å²) in [6.45, 7) is 0.730. The monoisotopic (exact) mass is 295 g/mol. The van der Waals surface area contributed by atoms with Crippen molar-refractivity contribution in [2.45, 2.75) is 25.4 Å². The van der Waals surface area contributed by atoms with Crippen LogP contribution in [0.25, 0.3) is 0 Å². The molecule has 1 aliphatic carbocycles. The predicted molar refractivity (Wildman–Crippen MR) is 79.6 cm³/mol. The highest BCUT2D eigenvalue weighted by atomic mass is 32.1. The summed E-state index contributed by atoms with van der Waals surface area (Å²) in [4.78, 5) is 13.2. The van der Waals surface area contributed by atoms with Gasteiger partial charge in [0, 0.05) is 17.3 Å². The Morgan fingerprint density at radius 2 is 2.45 bits per heavy atom. The third-order valence-electron chi connectivity index (χ3n) is 3.37. The van der Waals surface area contributed by atoms with Gasteiger partial charge >= 0.3 is 0 Å². The Kier molecular flexibility index (Phi) is 6.24. The van der Waals surface area contributed by atoms with Crippen molar-refractivity contribution in [3.05, 3.63) is 34.5 Å². The van der Waals surface area contributed by atoms with E-state index in [1.54, 1.807) is 11.3 Å². The number of nitrogens with one attached hydrogen (secondary N) is 1. The molecule has 1 aromatic rings. The molecule has 1 heterocycles. The summed E-state index contributed by atoms with van der Waals surface area (Å²) in [6, 6.07) is 3.95. The van der Waals surface area contributed by atoms with Crippen LogP contribution in [-0.4, -0.2) is 30.8 Å². The van der Waals surface area contributed by atoms with Gasteiger partial charge in [-0.05, 0) is 30.7 Å². The second kappa shape index (κ2) is 8.19. The van der Waals surface area contributed by atoms with E-state index in [-0.39, 0.29) is 31.1 Å². The van der Waals surface area contributed by atoms with Gasteiger partial charge in [0.1, 0.15) is 6.10 Å². The number of rotatable bonds is 7. The molecular formula is C15H21NO3S. The molecule has 1 aromatic heterocycles. The van der Waals surface area contributed by atoms with Crippen molar-refractivity contribution in [1.82, 2.24) is 5.32 Å². The van der Waals surface area contributed by atoms with E-state index in [1.165, 1.54) is 0 Å². The maximum atomic E-state index is 12.1. The van der Waals surface area contributed by atoms with E-state index in [2.05, 4.69) is 17.5 Å². The zero-order chi connectivity index (χ0) is 14.2. The highest BCUT2D eigenvalue weighted by Gasteiger charge is 2.20. The lowest BCUT2D eigenvalue weighted by molar-refractivity contribution is -0.126. The minimum absolute atomic E-state index is 0.0107. The average Bonchev–Trinajstić information content (AvgIpc) is 3.02. The van der Waals surface area contributed by atoms with Crippen molar-refractivity contribution in [2.24, 2.45) is 5.92 Å². The lowest BCUT2D eigenvalue weighted by Gasteiger charge is -2.21. The molecule has 110 valence electrons. The van der Waals surface area contributed by atoms with Crippen molar-refractivity contribution in [3.8, 4) is 0 Å². The fraction of sp³-hybridized carbons (Fsp3) is 0.533. The molecule has 0 aliphatic heterocycles. The standard InChI is InChI=1S/C15H21NO3S/c17-8-9-19-13(14-7-4-10-20-14)11-16-15(18)12-5-2-1-3-6-12/h1-2,4,7,10,12-13,17H,3,5-6,8-9,11H2,(H,16,18)/t12-,13+/m0/s1. The molecule has 0 saturated carbocycles. The van der Waals surface area contributed by atoms with Crippen LogP contribution < -0.4 is 5.32 Å². The summed E-state index contributed by atoms with van der Waals surface area (Å²) in [5.41, 5.74) is 0. The van der Waals surface area contributed by atoms with Gasteiger partial charge in [0.25, 0.3) is 0 Å². The molecule has 0 saturated heterocycles. The van der Waals surface area contributed by atoms with Crippen LogP contribution in [0.1, 0.15) is 30.2 Å². The predicted octanol–water partition coefficient (Wildman–Crippen LogP) is 2.27. The van der Waals surface area contributed by atoms with Crippen LogP contribution in [-0.2, 0) is 9.53 Å². The van der Waals surface area contributed by atoms with Gasteiger partial charge < -0.3 is 15.2 Å². The summed E-state index contributed by atoms with van der Waals surface area (Å²) in [6.07, 6.45) is 6.75. The molecule has 0 unspecified atom stereocenters. The van der Waals surface area contributed by atoms with Gasteiger partial charge in [-0.1, -0.05) is 18.2 Å². The van der Waals surface area contributed by atoms with E-state index >= 15 is 0 Å². The topological polar surface area (TPSA) is 58.6 Å². The second-order valence-electron chi connectivity index (χ2n) is 4.82. The number of ether oxygens (including phenoxy) is 1. The van der Waals surface area contributed by atoms with E-state index < -0.39 is 0 Å². The first-order valence-corrected chi connectivity index (χ1v) is 7.88. The lowest BCUT2D eigenvalue weighted by atomic mass is 9.93. The number of thiophene rings is 1. The molecule has 2 atom stereocenters. The van der Waals surface area contributed by atoms with Gasteiger partial charge in [-0.2, -0.15) is 0 Å². The van der Waals surface area contributed by atoms with Crippen molar-refractivity contribution < 1.29 is 14.6 Å². The van der Waals surface area contributed by atoms with Crippen LogP contribution in [0.3, 0.4) is 0 Å². The highest BCUT2D eigenvalue weighted by Crippen LogP contribution is 2.23. The molecule has 0 spiro atoms. The maximum absolute atomic E-state index is 12.1. The average molecular weight is 295 g/mol. The van der Waals surface area contributed by atoms with Gasteiger partial charge in [0.05, 0.1) is 13.2 Å². The molecule has 5 heteroatoms. The third-order valence-corrected chi connectivity index (χ3v) is 4.34. The Labute approximate surface area is 123 Å². The molecule has 1 aliphatic rings. The van der Waals surface area contributed by atoms with Crippen LogP contribution in [0.15, 0.2) is 29.7 Å². The van der Waals surface area contributed by atoms with Crippen molar-refractivity contribution in [2.75, 3.05) is 19.8 Å². The molecule has 0 bridgehead atoms. The van der Waals surface area contributed by atoms with E-state index in [0.29, 0.717) is 6.54 Å². The number of carbonyl (C=O) groups is 1. The summed E-state index contributed by atoms with van der Waals surface area (Å²) in [5.74, 6) is 0.185. The number of hydrogen-bond donors (Lipinski definition) is 2. The molecule has 1 amide bonds. The lowest BCUT2D eigenvalue weighted by Crippen LogP contribution is -2.34. The molecule has 4 nitrogen and oxygen atoms in total. The van der Waals surface area contributed by atoms with Crippen molar-refractivity contribution in [3.63, 3.8) is 0 Å². The summed E-state index contributed by atoms with van der Waals surface area (Å²) >= 11 is 1.60. The first kappa shape index (κ1) is 15.2. The molecule has 0 fully saturated rings. The Morgan fingerprint density at radius 3 is 3.10 bits per heavy atom. The van der Waals surface area contributed by atoms with Crippen LogP contribution in [0.2, 0.25) is 0 Å². The SMILES string of the molecule is O=C(NC[C@@H](OCCO)c1cccs1)[C@H]1CC=CCC1. The first-order valence-electron chi connectivity index (χ1n) is 7.00.